The smallest absolute Gasteiger partial charge is 0.338 e. The van der Waals surface area contributed by atoms with Crippen molar-refractivity contribution >= 4 is 40.3 Å². The number of amides is 2. The van der Waals surface area contributed by atoms with Crippen LogP contribution < -0.4 is 11.0 Å². The maximum Gasteiger partial charge on any atom is 0.338 e. The summed E-state index contributed by atoms with van der Waals surface area (Å²) in [4.78, 5) is 41.4. The van der Waals surface area contributed by atoms with E-state index in [-0.39, 0.29) is 17.8 Å². The van der Waals surface area contributed by atoms with E-state index in [1.807, 2.05) is 6.07 Å². The van der Waals surface area contributed by atoms with E-state index in [1.165, 1.54) is 0 Å². The predicted octanol–water partition coefficient (Wildman–Crippen LogP) is 4.03. The zero-order chi connectivity index (χ0) is 22.0. The van der Waals surface area contributed by atoms with Crippen molar-refractivity contribution in [3.63, 3.8) is 0 Å². The number of H-pyrrole nitrogens is 1. The molecule has 0 aliphatic carbocycles. The Balaban J connectivity index is 1.38. The molecule has 0 spiro atoms. The predicted molar refractivity (Wildman–Crippen MR) is 119 cm³/mol. The number of ether oxygens (including phenoxy) is 1. The maximum absolute atomic E-state index is 12.6. The normalized spacial score (nSPS) is 14.6. The lowest BCUT2D eigenvalue weighted by Crippen LogP contribution is -2.42. The van der Waals surface area contributed by atoms with Crippen molar-refractivity contribution in [2.75, 3.05) is 25.0 Å². The number of hydrogen-bond acceptors (Lipinski definition) is 4. The van der Waals surface area contributed by atoms with Crippen LogP contribution >= 0.6 is 11.6 Å². The van der Waals surface area contributed by atoms with Crippen LogP contribution in [0.3, 0.4) is 0 Å². The maximum atomic E-state index is 12.6. The highest BCUT2D eigenvalue weighted by molar-refractivity contribution is 6.31. The number of nitrogens with one attached hydrogen (secondary N) is 2. The summed E-state index contributed by atoms with van der Waals surface area (Å²) >= 11 is 6.02. The molecule has 0 atom stereocenters. The molecule has 1 fully saturated rings. The zero-order valence-electron chi connectivity index (χ0n) is 17.1. The molecule has 162 valence electrons. The number of esters is 1. The summed E-state index contributed by atoms with van der Waals surface area (Å²) in [5.41, 5.74) is 2.40. The summed E-state index contributed by atoms with van der Waals surface area (Å²) in [6.07, 6.45) is 1.34. The van der Waals surface area contributed by atoms with Gasteiger partial charge in [0.2, 0.25) is 0 Å². The average molecular weight is 443 g/mol. The highest BCUT2D eigenvalue weighted by Gasteiger charge is 2.26. The van der Waals surface area contributed by atoms with Gasteiger partial charge in [-0.25, -0.2) is 14.4 Å². The molecule has 8 nitrogen and oxygen atoms in total. The number of carbonyl (C=O) groups excluding carboxylic acids is 2. The number of halogens is 1. The van der Waals surface area contributed by atoms with Gasteiger partial charge in [0.15, 0.2) is 0 Å². The van der Waals surface area contributed by atoms with Crippen molar-refractivity contribution in [1.29, 1.82) is 0 Å². The number of aromatic amines is 1. The Hall–Kier alpha value is -3.26. The van der Waals surface area contributed by atoms with Crippen molar-refractivity contribution in [3.05, 3.63) is 63.5 Å². The Bertz CT molecular complexity index is 1160. The summed E-state index contributed by atoms with van der Waals surface area (Å²) in [5, 5.41) is 3.42. The van der Waals surface area contributed by atoms with Gasteiger partial charge in [-0.3, -0.25) is 4.57 Å². The van der Waals surface area contributed by atoms with Crippen LogP contribution in [0.25, 0.3) is 11.0 Å². The van der Waals surface area contributed by atoms with Crippen LogP contribution in [0.1, 0.15) is 36.2 Å². The monoisotopic (exact) mass is 442 g/mol. The van der Waals surface area contributed by atoms with Gasteiger partial charge in [0.1, 0.15) is 0 Å². The molecule has 0 saturated carbocycles. The van der Waals surface area contributed by atoms with Crippen LogP contribution in [-0.4, -0.2) is 46.1 Å². The van der Waals surface area contributed by atoms with E-state index in [4.69, 9.17) is 16.3 Å². The standard InChI is InChI=1S/C22H23ClN4O4/c1-2-31-20(28)14-3-6-16(7-4-14)24-21(29)26-11-9-17(10-12-26)27-19-8-5-15(23)13-18(19)25-22(27)30/h3-8,13,17H,2,9-12H2,1H3,(H,24,29)(H,25,30). The second-order valence-corrected chi connectivity index (χ2v) is 7.84. The summed E-state index contributed by atoms with van der Waals surface area (Å²) < 4.78 is 6.72. The SMILES string of the molecule is CCOC(=O)c1ccc(NC(=O)N2CCC(n3c(=O)[nH]c4cc(Cl)ccc43)CC2)cc1. The number of urea groups is 1. The minimum absolute atomic E-state index is 0.00957. The van der Waals surface area contributed by atoms with Crippen LogP contribution in [0.5, 0.6) is 0 Å². The van der Waals surface area contributed by atoms with E-state index in [0.717, 1.165) is 5.52 Å². The van der Waals surface area contributed by atoms with Crippen molar-refractivity contribution in [2.45, 2.75) is 25.8 Å². The van der Waals surface area contributed by atoms with Crippen molar-refractivity contribution in [3.8, 4) is 0 Å². The van der Waals surface area contributed by atoms with E-state index >= 15 is 0 Å². The van der Waals surface area contributed by atoms with Gasteiger partial charge in [0.05, 0.1) is 23.2 Å². The van der Waals surface area contributed by atoms with Gasteiger partial charge >= 0.3 is 17.7 Å². The molecule has 2 N–H and O–H groups in total. The first-order chi connectivity index (χ1) is 15.0. The quantitative estimate of drug-likeness (QED) is 0.596. The van der Waals surface area contributed by atoms with Crippen LogP contribution in [0, 0.1) is 0 Å². The highest BCUT2D eigenvalue weighted by Crippen LogP contribution is 2.26. The number of nitrogens with zero attached hydrogens (tertiary/aromatic N) is 2. The van der Waals surface area contributed by atoms with Crippen LogP contribution in [0.15, 0.2) is 47.3 Å². The number of aromatic nitrogens is 2. The Morgan fingerprint density at radius 1 is 1.16 bits per heavy atom. The van der Waals surface area contributed by atoms with Crippen LogP contribution in [-0.2, 0) is 4.74 Å². The van der Waals surface area contributed by atoms with Gasteiger partial charge < -0.3 is 19.9 Å². The number of fused-ring (bicyclic) bond motifs is 1. The van der Waals surface area contributed by atoms with Gasteiger partial charge in [0.25, 0.3) is 0 Å². The molecule has 2 heterocycles. The van der Waals surface area contributed by atoms with E-state index in [0.29, 0.717) is 54.3 Å². The summed E-state index contributed by atoms with van der Waals surface area (Å²) in [6.45, 7) is 3.13. The fourth-order valence-corrected chi connectivity index (χ4v) is 4.07. The second kappa shape index (κ2) is 8.85. The van der Waals surface area contributed by atoms with E-state index in [2.05, 4.69) is 10.3 Å². The zero-order valence-corrected chi connectivity index (χ0v) is 17.8. The van der Waals surface area contributed by atoms with Crippen molar-refractivity contribution in [2.24, 2.45) is 0 Å². The first-order valence-corrected chi connectivity index (χ1v) is 10.6. The molecular formula is C22H23ClN4O4. The van der Waals surface area contributed by atoms with E-state index in [1.54, 1.807) is 52.8 Å². The molecule has 31 heavy (non-hydrogen) atoms. The third kappa shape index (κ3) is 4.44. The minimum atomic E-state index is -0.391. The molecule has 9 heteroatoms. The molecule has 1 saturated heterocycles. The number of hydrogen-bond donors (Lipinski definition) is 2. The summed E-state index contributed by atoms with van der Waals surface area (Å²) in [6, 6.07) is 11.7. The largest absolute Gasteiger partial charge is 0.462 e. The fourth-order valence-electron chi connectivity index (χ4n) is 3.90. The molecular weight excluding hydrogens is 420 g/mol. The number of likely N-dealkylation sites (tertiary alicyclic amines) is 1. The van der Waals surface area contributed by atoms with E-state index < -0.39 is 5.97 Å². The highest BCUT2D eigenvalue weighted by atomic mass is 35.5. The molecule has 4 rings (SSSR count). The number of piperidine rings is 1. The van der Waals surface area contributed by atoms with Gasteiger partial charge in [-0.05, 0) is 62.2 Å². The fraction of sp³-hybridized carbons (Fsp3) is 0.318. The number of rotatable bonds is 4. The average Bonchev–Trinajstić information content (AvgIpc) is 3.09. The van der Waals surface area contributed by atoms with E-state index in [9.17, 15) is 14.4 Å². The summed E-state index contributed by atoms with van der Waals surface area (Å²) in [5.74, 6) is -0.391. The van der Waals surface area contributed by atoms with Crippen LogP contribution in [0.4, 0.5) is 10.5 Å². The molecule has 0 unspecified atom stereocenters. The Morgan fingerprint density at radius 3 is 2.55 bits per heavy atom. The molecule has 2 amide bonds. The molecule has 2 aromatic carbocycles. The number of benzene rings is 2. The summed E-state index contributed by atoms with van der Waals surface area (Å²) in [7, 11) is 0. The molecule has 1 aromatic heterocycles. The van der Waals surface area contributed by atoms with Gasteiger partial charge in [-0.1, -0.05) is 11.6 Å². The first kappa shape index (κ1) is 21.0. The number of imidazole rings is 1. The third-order valence-corrected chi connectivity index (χ3v) is 5.68. The van der Waals surface area contributed by atoms with Crippen LogP contribution in [0.2, 0.25) is 5.02 Å². The molecule has 0 radical (unpaired) electrons. The number of anilines is 1. The van der Waals surface area contributed by atoms with Gasteiger partial charge in [-0.2, -0.15) is 0 Å². The molecule has 3 aromatic rings. The lowest BCUT2D eigenvalue weighted by Gasteiger charge is -2.32. The minimum Gasteiger partial charge on any atom is -0.462 e. The van der Waals surface area contributed by atoms with Gasteiger partial charge in [0, 0.05) is 29.8 Å². The molecule has 1 aliphatic heterocycles. The second-order valence-electron chi connectivity index (χ2n) is 7.41. The number of carbonyl (C=O) groups is 2. The lowest BCUT2D eigenvalue weighted by molar-refractivity contribution is 0.0526. The molecule has 1 aliphatic rings. The Morgan fingerprint density at radius 2 is 1.87 bits per heavy atom. The topological polar surface area (TPSA) is 96.4 Å². The molecule has 0 bridgehead atoms. The lowest BCUT2D eigenvalue weighted by atomic mass is 10.0. The Labute approximate surface area is 183 Å². The van der Waals surface area contributed by atoms with Crippen molar-refractivity contribution < 1.29 is 14.3 Å². The first-order valence-electron chi connectivity index (χ1n) is 10.2. The Kier molecular flexibility index (Phi) is 5.99. The van der Waals surface area contributed by atoms with Crippen molar-refractivity contribution in [1.82, 2.24) is 14.5 Å². The third-order valence-electron chi connectivity index (χ3n) is 5.44. The van der Waals surface area contributed by atoms with Gasteiger partial charge in [-0.15, -0.1) is 0 Å².